The fraction of sp³-hybridized carbons (Fsp3) is 0.375. The zero-order valence-electron chi connectivity index (χ0n) is 19.8. The van der Waals surface area contributed by atoms with E-state index in [9.17, 15) is 27.6 Å². The van der Waals surface area contributed by atoms with Gasteiger partial charge in [0.15, 0.2) is 0 Å². The minimum absolute atomic E-state index is 0.207. The third kappa shape index (κ3) is 5.80. The van der Waals surface area contributed by atoms with Crippen LogP contribution in [0.25, 0.3) is 11.0 Å². The molecule has 13 heteroatoms. The number of carbonyl (C=O) groups excluding carboxylic acids is 2. The Balaban J connectivity index is 1.52. The minimum atomic E-state index is -5.26. The predicted molar refractivity (Wildman–Crippen MR) is 127 cm³/mol. The van der Waals surface area contributed by atoms with Crippen LogP contribution in [0.15, 0.2) is 35.3 Å². The van der Waals surface area contributed by atoms with E-state index in [-0.39, 0.29) is 17.7 Å². The number of alkyl halides is 3. The molecule has 0 unspecified atom stereocenters. The van der Waals surface area contributed by atoms with Crippen molar-refractivity contribution in [3.8, 4) is 11.8 Å². The van der Waals surface area contributed by atoms with Crippen LogP contribution in [0.3, 0.4) is 0 Å². The Morgan fingerprint density at radius 1 is 1.16 bits per heavy atom. The molecule has 0 atom stereocenters. The second kappa shape index (κ2) is 10.8. The maximum atomic E-state index is 13.3. The van der Waals surface area contributed by atoms with Gasteiger partial charge < -0.3 is 15.0 Å². The highest BCUT2D eigenvalue weighted by Crippen LogP contribution is 2.21. The summed E-state index contributed by atoms with van der Waals surface area (Å²) < 4.78 is 43.8. The number of hydrogen-bond acceptors (Lipinski definition) is 8. The van der Waals surface area contributed by atoms with Gasteiger partial charge in [0.25, 0.3) is 5.56 Å². The number of fused-ring (bicyclic) bond motifs is 1. The number of rotatable bonds is 6. The molecule has 3 heterocycles. The Kier molecular flexibility index (Phi) is 7.58. The van der Waals surface area contributed by atoms with Gasteiger partial charge >= 0.3 is 18.1 Å². The molecule has 0 amide bonds. The van der Waals surface area contributed by atoms with E-state index in [4.69, 9.17) is 0 Å². The van der Waals surface area contributed by atoms with Crippen LogP contribution in [0.2, 0.25) is 0 Å². The highest BCUT2D eigenvalue weighted by molar-refractivity contribution is 5.98. The predicted octanol–water partition coefficient (Wildman–Crippen LogP) is 1.51. The van der Waals surface area contributed by atoms with E-state index in [0.717, 1.165) is 26.2 Å². The van der Waals surface area contributed by atoms with Gasteiger partial charge in [0.05, 0.1) is 18.3 Å². The SMILES string of the molecule is CC#CCn1c(N2CCNCC2)nc2cnn(CCc3ccc(C(=O)OC(=O)C(F)(F)F)cc3)c(=O)c21. The molecule has 0 saturated carbocycles. The molecule has 0 bridgehead atoms. The Morgan fingerprint density at radius 2 is 1.86 bits per heavy atom. The Morgan fingerprint density at radius 3 is 2.51 bits per heavy atom. The van der Waals surface area contributed by atoms with Crippen molar-refractivity contribution in [3.63, 3.8) is 0 Å². The number of aromatic nitrogens is 4. The molecular weight excluding hydrogens is 493 g/mol. The fourth-order valence-electron chi connectivity index (χ4n) is 3.89. The number of piperazine rings is 1. The van der Waals surface area contributed by atoms with Crippen LogP contribution >= 0.6 is 0 Å². The number of nitrogens with zero attached hydrogens (tertiary/aromatic N) is 5. The molecular formula is C24H23F3N6O4. The maximum absolute atomic E-state index is 13.3. The Hall–Kier alpha value is -4.18. The minimum Gasteiger partial charge on any atom is -0.383 e. The maximum Gasteiger partial charge on any atom is 0.491 e. The van der Waals surface area contributed by atoms with E-state index in [2.05, 4.69) is 36.9 Å². The normalized spacial score (nSPS) is 13.8. The number of aryl methyl sites for hydroxylation is 2. The van der Waals surface area contributed by atoms with Gasteiger partial charge in [-0.3, -0.25) is 9.36 Å². The summed E-state index contributed by atoms with van der Waals surface area (Å²) in [5.74, 6) is 2.54. The molecule has 1 N–H and O–H groups in total. The summed E-state index contributed by atoms with van der Waals surface area (Å²) in [5.41, 5.74) is 1.04. The van der Waals surface area contributed by atoms with Crippen molar-refractivity contribution in [1.29, 1.82) is 0 Å². The van der Waals surface area contributed by atoms with E-state index in [1.165, 1.54) is 35.1 Å². The highest BCUT2D eigenvalue weighted by Gasteiger charge is 2.42. The molecule has 0 spiro atoms. The van der Waals surface area contributed by atoms with Gasteiger partial charge in [-0.1, -0.05) is 18.1 Å². The van der Waals surface area contributed by atoms with Crippen LogP contribution in [0.5, 0.6) is 0 Å². The number of benzene rings is 1. The second-order valence-corrected chi connectivity index (χ2v) is 8.19. The third-order valence-electron chi connectivity index (χ3n) is 5.76. The molecule has 1 fully saturated rings. The summed E-state index contributed by atoms with van der Waals surface area (Å²) in [6.07, 6.45) is -3.38. The lowest BCUT2D eigenvalue weighted by atomic mass is 10.1. The first-order valence-electron chi connectivity index (χ1n) is 11.4. The number of nitrogens with one attached hydrogen (secondary N) is 1. The molecule has 194 valence electrons. The van der Waals surface area contributed by atoms with Gasteiger partial charge in [-0.05, 0) is 31.0 Å². The number of carbonyl (C=O) groups is 2. The van der Waals surface area contributed by atoms with E-state index in [1.54, 1.807) is 11.5 Å². The Bertz CT molecular complexity index is 1430. The summed E-state index contributed by atoms with van der Waals surface area (Å²) in [6, 6.07) is 5.50. The van der Waals surface area contributed by atoms with Crippen LogP contribution in [-0.4, -0.2) is 63.6 Å². The average molecular weight is 516 g/mol. The number of anilines is 1. The first kappa shape index (κ1) is 25.9. The molecule has 1 aliphatic heterocycles. The van der Waals surface area contributed by atoms with Crippen LogP contribution in [0.1, 0.15) is 22.8 Å². The van der Waals surface area contributed by atoms with Crippen LogP contribution < -0.4 is 15.8 Å². The summed E-state index contributed by atoms with van der Waals surface area (Å²) in [6.45, 7) is 5.35. The molecule has 1 aromatic carbocycles. The van der Waals surface area contributed by atoms with E-state index >= 15 is 0 Å². The van der Waals surface area contributed by atoms with Crippen molar-refractivity contribution in [2.45, 2.75) is 32.6 Å². The van der Waals surface area contributed by atoms with Gasteiger partial charge in [-0.15, -0.1) is 5.92 Å². The quantitative estimate of drug-likeness (QED) is 0.298. The summed E-state index contributed by atoms with van der Waals surface area (Å²) >= 11 is 0. The topological polar surface area (TPSA) is 111 Å². The van der Waals surface area contributed by atoms with Crippen LogP contribution in [0.4, 0.5) is 19.1 Å². The number of ether oxygens (including phenoxy) is 1. The lowest BCUT2D eigenvalue weighted by molar-refractivity contribution is -0.193. The lowest BCUT2D eigenvalue weighted by Crippen LogP contribution is -2.44. The number of imidazole rings is 1. The molecule has 0 aliphatic carbocycles. The van der Waals surface area contributed by atoms with Gasteiger partial charge in [0, 0.05) is 32.7 Å². The van der Waals surface area contributed by atoms with Crippen LogP contribution in [-0.2, 0) is 29.0 Å². The molecule has 2 aromatic heterocycles. The number of hydrogen-bond donors (Lipinski definition) is 1. The summed E-state index contributed by atoms with van der Waals surface area (Å²) in [4.78, 5) is 42.7. The van der Waals surface area contributed by atoms with Gasteiger partial charge in [-0.25, -0.2) is 19.3 Å². The zero-order valence-corrected chi connectivity index (χ0v) is 19.8. The molecule has 37 heavy (non-hydrogen) atoms. The van der Waals surface area contributed by atoms with E-state index in [0.29, 0.717) is 35.5 Å². The van der Waals surface area contributed by atoms with E-state index < -0.39 is 18.1 Å². The summed E-state index contributed by atoms with van der Waals surface area (Å²) in [7, 11) is 0. The molecule has 1 aliphatic rings. The number of esters is 2. The molecule has 1 saturated heterocycles. The first-order chi connectivity index (χ1) is 17.7. The summed E-state index contributed by atoms with van der Waals surface area (Å²) in [5, 5.41) is 7.53. The van der Waals surface area contributed by atoms with Crippen molar-refractivity contribution >= 4 is 28.9 Å². The average Bonchev–Trinajstić information content (AvgIpc) is 3.26. The van der Waals surface area contributed by atoms with Crippen LogP contribution in [0, 0.1) is 11.8 Å². The molecule has 3 aromatic rings. The van der Waals surface area contributed by atoms with Gasteiger partial charge in [0.1, 0.15) is 11.0 Å². The molecule has 0 radical (unpaired) electrons. The molecule has 4 rings (SSSR count). The van der Waals surface area contributed by atoms with Crippen molar-refractivity contribution in [1.82, 2.24) is 24.6 Å². The van der Waals surface area contributed by atoms with Crippen molar-refractivity contribution in [3.05, 3.63) is 51.9 Å². The van der Waals surface area contributed by atoms with Crippen molar-refractivity contribution in [2.24, 2.45) is 0 Å². The number of halogens is 3. The Labute approximate surface area is 209 Å². The monoisotopic (exact) mass is 516 g/mol. The van der Waals surface area contributed by atoms with Gasteiger partial charge in [-0.2, -0.15) is 18.3 Å². The lowest BCUT2D eigenvalue weighted by Gasteiger charge is -2.28. The zero-order chi connectivity index (χ0) is 26.6. The third-order valence-corrected chi connectivity index (χ3v) is 5.76. The van der Waals surface area contributed by atoms with Gasteiger partial charge in [0.2, 0.25) is 5.95 Å². The largest absolute Gasteiger partial charge is 0.491 e. The van der Waals surface area contributed by atoms with E-state index in [1.807, 2.05) is 0 Å². The second-order valence-electron chi connectivity index (χ2n) is 8.19. The van der Waals surface area contributed by atoms with Crippen molar-refractivity contribution < 1.29 is 27.5 Å². The highest BCUT2D eigenvalue weighted by atomic mass is 19.4. The smallest absolute Gasteiger partial charge is 0.383 e. The standard InChI is InChI=1S/C24H23F3N6O4/c1-2-3-11-32-19-18(30-23(32)31-13-9-28-10-14-31)15-29-33(20(19)34)12-8-16-4-6-17(7-5-16)21(35)37-22(36)24(25,26)27/h4-7,15,28H,8-14H2,1H3. The fourth-order valence-corrected chi connectivity index (χ4v) is 3.89. The molecule has 10 nitrogen and oxygen atoms in total. The first-order valence-corrected chi connectivity index (χ1v) is 11.4. The van der Waals surface area contributed by atoms with Crippen molar-refractivity contribution in [2.75, 3.05) is 31.1 Å².